The van der Waals surface area contributed by atoms with Crippen LogP contribution in [0.25, 0.3) is 0 Å². The largest absolute Gasteiger partial charge is 0.457 e. The third-order valence-electron chi connectivity index (χ3n) is 2.63. The molecule has 2 nitrogen and oxygen atoms in total. The summed E-state index contributed by atoms with van der Waals surface area (Å²) in [6.07, 6.45) is 0.432. The van der Waals surface area contributed by atoms with Crippen molar-refractivity contribution in [1.82, 2.24) is 0 Å². The van der Waals surface area contributed by atoms with E-state index in [9.17, 15) is 4.79 Å². The monoisotopic (exact) mass is 294 g/mol. The van der Waals surface area contributed by atoms with Gasteiger partial charge in [-0.2, -0.15) is 0 Å². The number of ether oxygens (including phenoxy) is 1. The van der Waals surface area contributed by atoms with Crippen LogP contribution in [0.3, 0.4) is 0 Å². The van der Waals surface area contributed by atoms with E-state index in [2.05, 4.69) is 0 Å². The van der Waals surface area contributed by atoms with Gasteiger partial charge in [-0.25, -0.2) is 0 Å². The Bertz CT molecular complexity index is 609. The van der Waals surface area contributed by atoms with Crippen LogP contribution in [0.2, 0.25) is 10.0 Å². The standard InChI is InChI=1S/C15H12Cl2O2/c1-2-14(18)11-5-3-4-6-15(11)19-10-7-8-12(16)13(17)9-10/h3-9H,2H2,1H3. The van der Waals surface area contributed by atoms with E-state index in [1.807, 2.05) is 19.1 Å². The van der Waals surface area contributed by atoms with Crippen molar-refractivity contribution in [2.75, 3.05) is 0 Å². The second kappa shape index (κ2) is 6.09. The minimum absolute atomic E-state index is 0.0376. The highest BCUT2D eigenvalue weighted by molar-refractivity contribution is 6.42. The summed E-state index contributed by atoms with van der Waals surface area (Å²) in [7, 11) is 0. The summed E-state index contributed by atoms with van der Waals surface area (Å²) in [5.41, 5.74) is 0.566. The Labute approximate surface area is 121 Å². The second-order valence-electron chi connectivity index (χ2n) is 3.95. The lowest BCUT2D eigenvalue weighted by Crippen LogP contribution is -1.99. The molecular formula is C15H12Cl2O2. The quantitative estimate of drug-likeness (QED) is 0.708. The number of hydrogen-bond acceptors (Lipinski definition) is 2. The predicted molar refractivity (Wildman–Crippen MR) is 77.6 cm³/mol. The van der Waals surface area contributed by atoms with Crippen molar-refractivity contribution in [3.8, 4) is 11.5 Å². The van der Waals surface area contributed by atoms with Crippen molar-refractivity contribution in [2.45, 2.75) is 13.3 Å². The van der Waals surface area contributed by atoms with Gasteiger partial charge in [-0.3, -0.25) is 4.79 Å². The number of Topliss-reactive ketones (excluding diaryl/α,β-unsaturated/α-hetero) is 1. The van der Waals surface area contributed by atoms with E-state index < -0.39 is 0 Å². The number of benzene rings is 2. The summed E-state index contributed by atoms with van der Waals surface area (Å²) in [5, 5.41) is 0.880. The zero-order valence-corrected chi connectivity index (χ0v) is 11.8. The average Bonchev–Trinajstić information content (AvgIpc) is 2.43. The minimum Gasteiger partial charge on any atom is -0.457 e. The molecule has 0 bridgehead atoms. The lowest BCUT2D eigenvalue weighted by atomic mass is 10.1. The fourth-order valence-electron chi connectivity index (χ4n) is 1.64. The third kappa shape index (κ3) is 3.28. The van der Waals surface area contributed by atoms with Crippen LogP contribution in [0.5, 0.6) is 11.5 Å². The van der Waals surface area contributed by atoms with E-state index in [4.69, 9.17) is 27.9 Å². The first-order chi connectivity index (χ1) is 9.11. The van der Waals surface area contributed by atoms with Gasteiger partial charge in [-0.05, 0) is 24.3 Å². The molecule has 2 rings (SSSR count). The Morgan fingerprint density at radius 1 is 1.11 bits per heavy atom. The normalized spacial score (nSPS) is 10.3. The third-order valence-corrected chi connectivity index (χ3v) is 3.37. The maximum Gasteiger partial charge on any atom is 0.166 e. The van der Waals surface area contributed by atoms with Gasteiger partial charge >= 0.3 is 0 Å². The Morgan fingerprint density at radius 3 is 2.53 bits per heavy atom. The first-order valence-electron chi connectivity index (χ1n) is 5.87. The summed E-state index contributed by atoms with van der Waals surface area (Å²) < 4.78 is 5.70. The van der Waals surface area contributed by atoms with Crippen LogP contribution >= 0.6 is 23.2 Å². The number of rotatable bonds is 4. The van der Waals surface area contributed by atoms with Crippen LogP contribution in [0.15, 0.2) is 42.5 Å². The number of carbonyl (C=O) groups excluding carboxylic acids is 1. The van der Waals surface area contributed by atoms with Crippen LogP contribution in [-0.2, 0) is 0 Å². The molecule has 0 saturated carbocycles. The number of para-hydroxylation sites is 1. The van der Waals surface area contributed by atoms with Gasteiger partial charge in [0.05, 0.1) is 15.6 Å². The fourth-order valence-corrected chi connectivity index (χ4v) is 1.93. The molecule has 0 amide bonds. The zero-order chi connectivity index (χ0) is 13.8. The number of carbonyl (C=O) groups is 1. The van der Waals surface area contributed by atoms with Crippen LogP contribution in [0, 0.1) is 0 Å². The molecule has 2 aromatic carbocycles. The van der Waals surface area contributed by atoms with Gasteiger partial charge in [0.25, 0.3) is 0 Å². The lowest BCUT2D eigenvalue weighted by molar-refractivity contribution is 0.0986. The predicted octanol–water partition coefficient (Wildman–Crippen LogP) is 5.38. The van der Waals surface area contributed by atoms with Crippen molar-refractivity contribution >= 4 is 29.0 Å². The van der Waals surface area contributed by atoms with Gasteiger partial charge in [0.1, 0.15) is 11.5 Å². The van der Waals surface area contributed by atoms with Gasteiger partial charge in [0.2, 0.25) is 0 Å². The molecule has 0 aliphatic carbocycles. The molecule has 0 radical (unpaired) electrons. The van der Waals surface area contributed by atoms with E-state index in [0.717, 1.165) is 0 Å². The number of halogens is 2. The van der Waals surface area contributed by atoms with Gasteiger partial charge < -0.3 is 4.74 Å². The van der Waals surface area contributed by atoms with Crippen LogP contribution in [0.4, 0.5) is 0 Å². The van der Waals surface area contributed by atoms with E-state index >= 15 is 0 Å². The van der Waals surface area contributed by atoms with Crippen molar-refractivity contribution < 1.29 is 9.53 Å². The maximum atomic E-state index is 11.8. The molecule has 2 aromatic rings. The summed E-state index contributed by atoms with van der Waals surface area (Å²) in [6.45, 7) is 1.82. The number of hydrogen-bond donors (Lipinski definition) is 0. The molecule has 0 spiro atoms. The van der Waals surface area contributed by atoms with Crippen LogP contribution in [-0.4, -0.2) is 5.78 Å². The van der Waals surface area contributed by atoms with E-state index in [0.29, 0.717) is 33.5 Å². The molecule has 0 saturated heterocycles. The molecular weight excluding hydrogens is 283 g/mol. The SMILES string of the molecule is CCC(=O)c1ccccc1Oc1ccc(Cl)c(Cl)c1. The zero-order valence-electron chi connectivity index (χ0n) is 10.3. The Balaban J connectivity index is 2.32. The lowest BCUT2D eigenvalue weighted by Gasteiger charge is -2.10. The highest BCUT2D eigenvalue weighted by Gasteiger charge is 2.11. The molecule has 19 heavy (non-hydrogen) atoms. The topological polar surface area (TPSA) is 26.3 Å². The first-order valence-corrected chi connectivity index (χ1v) is 6.62. The molecule has 0 unspecified atom stereocenters. The average molecular weight is 295 g/mol. The molecule has 0 atom stereocenters. The van der Waals surface area contributed by atoms with Crippen molar-refractivity contribution in [2.24, 2.45) is 0 Å². The number of ketones is 1. The first kappa shape index (κ1) is 13.9. The maximum absolute atomic E-state index is 11.8. The van der Waals surface area contributed by atoms with Crippen molar-refractivity contribution in [1.29, 1.82) is 0 Å². The molecule has 98 valence electrons. The second-order valence-corrected chi connectivity index (χ2v) is 4.77. The van der Waals surface area contributed by atoms with Crippen molar-refractivity contribution in [3.05, 3.63) is 58.1 Å². The summed E-state index contributed by atoms with van der Waals surface area (Å²) in [5.74, 6) is 1.11. The molecule has 0 aromatic heterocycles. The minimum atomic E-state index is 0.0376. The molecule has 0 aliphatic heterocycles. The van der Waals surface area contributed by atoms with Crippen LogP contribution in [0.1, 0.15) is 23.7 Å². The molecule has 0 fully saturated rings. The van der Waals surface area contributed by atoms with Gasteiger partial charge in [0.15, 0.2) is 5.78 Å². The Kier molecular flexibility index (Phi) is 4.46. The smallest absolute Gasteiger partial charge is 0.166 e. The van der Waals surface area contributed by atoms with E-state index in [1.54, 1.807) is 30.3 Å². The van der Waals surface area contributed by atoms with Gasteiger partial charge in [-0.15, -0.1) is 0 Å². The summed E-state index contributed by atoms with van der Waals surface area (Å²) in [6, 6.07) is 12.1. The molecule has 4 heteroatoms. The van der Waals surface area contributed by atoms with E-state index in [1.165, 1.54) is 0 Å². The molecule has 0 N–H and O–H groups in total. The van der Waals surface area contributed by atoms with Crippen molar-refractivity contribution in [3.63, 3.8) is 0 Å². The van der Waals surface area contributed by atoms with Gasteiger partial charge in [0, 0.05) is 12.5 Å². The van der Waals surface area contributed by atoms with Gasteiger partial charge in [-0.1, -0.05) is 42.3 Å². The highest BCUT2D eigenvalue weighted by atomic mass is 35.5. The summed E-state index contributed by atoms with van der Waals surface area (Å²) in [4.78, 5) is 11.8. The van der Waals surface area contributed by atoms with Crippen LogP contribution < -0.4 is 4.74 Å². The fraction of sp³-hybridized carbons (Fsp3) is 0.133. The summed E-state index contributed by atoms with van der Waals surface area (Å²) >= 11 is 11.8. The highest BCUT2D eigenvalue weighted by Crippen LogP contribution is 2.31. The van der Waals surface area contributed by atoms with E-state index in [-0.39, 0.29) is 5.78 Å². The molecule has 0 aliphatic rings. The Hall–Kier alpha value is -1.51. The molecule has 0 heterocycles. The Morgan fingerprint density at radius 2 is 1.84 bits per heavy atom.